The third-order valence-electron chi connectivity index (χ3n) is 3.83. The molecule has 0 saturated carbocycles. The lowest BCUT2D eigenvalue weighted by molar-refractivity contribution is -0.125. The van der Waals surface area contributed by atoms with Gasteiger partial charge < -0.3 is 14.6 Å². The summed E-state index contributed by atoms with van der Waals surface area (Å²) in [4.78, 5) is 34.6. The molecule has 120 valence electrons. The highest BCUT2D eigenvalue weighted by molar-refractivity contribution is 5.96. The highest BCUT2D eigenvalue weighted by atomic mass is 16.3. The Labute approximate surface area is 133 Å². The molecule has 1 saturated heterocycles. The van der Waals surface area contributed by atoms with Crippen LogP contribution < -0.4 is 5.32 Å². The van der Waals surface area contributed by atoms with E-state index in [1.54, 1.807) is 29.5 Å². The van der Waals surface area contributed by atoms with E-state index in [-0.39, 0.29) is 17.5 Å². The van der Waals surface area contributed by atoms with Crippen molar-refractivity contribution >= 4 is 11.8 Å². The third-order valence-corrected chi connectivity index (χ3v) is 3.83. The van der Waals surface area contributed by atoms with Crippen LogP contribution in [0.1, 0.15) is 34.8 Å². The van der Waals surface area contributed by atoms with Gasteiger partial charge in [-0.05, 0) is 31.9 Å². The van der Waals surface area contributed by atoms with Crippen molar-refractivity contribution < 1.29 is 14.0 Å². The minimum Gasteiger partial charge on any atom is -0.467 e. The normalized spacial score (nSPS) is 17.3. The molecule has 0 aliphatic carbocycles. The molecule has 1 fully saturated rings. The predicted octanol–water partition coefficient (Wildman–Crippen LogP) is 1.30. The lowest BCUT2D eigenvalue weighted by atomic mass is 10.2. The standard InChI is InChI=1S/C16H18N4O3/c1-11-8-18-13(10-17-11)16(22)20-6-2-5-14(20)15(21)19-9-12-4-3-7-23-12/h3-4,7-8,10,14H,2,5-6,9H2,1H3,(H,19,21). The molecule has 0 radical (unpaired) electrons. The molecule has 2 aromatic heterocycles. The van der Waals surface area contributed by atoms with Crippen LogP contribution in [-0.2, 0) is 11.3 Å². The van der Waals surface area contributed by atoms with Crippen LogP contribution in [0.15, 0.2) is 35.2 Å². The number of nitrogens with zero attached hydrogens (tertiary/aromatic N) is 3. The molecular formula is C16H18N4O3. The summed E-state index contributed by atoms with van der Waals surface area (Å²) in [5.41, 5.74) is 1.01. The van der Waals surface area contributed by atoms with E-state index in [1.807, 2.05) is 6.92 Å². The lowest BCUT2D eigenvalue weighted by Gasteiger charge is -2.23. The summed E-state index contributed by atoms with van der Waals surface area (Å²) >= 11 is 0. The maximum absolute atomic E-state index is 12.5. The monoisotopic (exact) mass is 314 g/mol. The SMILES string of the molecule is Cc1cnc(C(=O)N2CCCC2C(=O)NCc2ccco2)cn1. The summed E-state index contributed by atoms with van der Waals surface area (Å²) in [6, 6.07) is 3.09. The van der Waals surface area contributed by atoms with Gasteiger partial charge in [0.2, 0.25) is 5.91 Å². The van der Waals surface area contributed by atoms with Crippen molar-refractivity contribution in [2.45, 2.75) is 32.4 Å². The molecule has 2 amide bonds. The Bertz CT molecular complexity index is 682. The molecule has 1 aliphatic heterocycles. The number of carbonyl (C=O) groups excluding carboxylic acids is 2. The van der Waals surface area contributed by atoms with Crippen molar-refractivity contribution in [1.82, 2.24) is 20.2 Å². The highest BCUT2D eigenvalue weighted by Crippen LogP contribution is 2.19. The molecule has 0 bridgehead atoms. The average molecular weight is 314 g/mol. The highest BCUT2D eigenvalue weighted by Gasteiger charge is 2.35. The van der Waals surface area contributed by atoms with Gasteiger partial charge >= 0.3 is 0 Å². The van der Waals surface area contributed by atoms with Crippen molar-refractivity contribution in [3.05, 3.63) is 47.9 Å². The van der Waals surface area contributed by atoms with Crippen LogP contribution in [-0.4, -0.2) is 39.3 Å². The van der Waals surface area contributed by atoms with Gasteiger partial charge in [-0.3, -0.25) is 14.6 Å². The Morgan fingerprint density at radius 1 is 1.39 bits per heavy atom. The summed E-state index contributed by atoms with van der Waals surface area (Å²) < 4.78 is 5.19. The van der Waals surface area contributed by atoms with Gasteiger partial charge in [-0.2, -0.15) is 0 Å². The Balaban J connectivity index is 1.65. The average Bonchev–Trinajstić information content (AvgIpc) is 3.24. The van der Waals surface area contributed by atoms with Crippen LogP contribution in [0, 0.1) is 6.92 Å². The number of hydrogen-bond acceptors (Lipinski definition) is 5. The molecule has 1 aliphatic rings. The maximum atomic E-state index is 12.5. The zero-order valence-corrected chi connectivity index (χ0v) is 12.9. The van der Waals surface area contributed by atoms with Gasteiger partial charge in [-0.15, -0.1) is 0 Å². The number of furan rings is 1. The van der Waals surface area contributed by atoms with E-state index in [0.717, 1.165) is 12.1 Å². The molecule has 3 rings (SSSR count). The molecule has 7 nitrogen and oxygen atoms in total. The van der Waals surface area contributed by atoms with Crippen molar-refractivity contribution in [3.8, 4) is 0 Å². The van der Waals surface area contributed by atoms with Gasteiger partial charge in [0, 0.05) is 12.7 Å². The molecule has 2 aromatic rings. The molecule has 0 aromatic carbocycles. The number of hydrogen-bond donors (Lipinski definition) is 1. The zero-order chi connectivity index (χ0) is 16.2. The van der Waals surface area contributed by atoms with Crippen molar-refractivity contribution in [3.63, 3.8) is 0 Å². The summed E-state index contributed by atoms with van der Waals surface area (Å²) in [6.45, 7) is 2.67. The number of carbonyl (C=O) groups is 2. The second kappa shape index (κ2) is 6.60. The second-order valence-electron chi connectivity index (χ2n) is 5.50. The minimum atomic E-state index is -0.472. The topological polar surface area (TPSA) is 88.3 Å². The lowest BCUT2D eigenvalue weighted by Crippen LogP contribution is -2.46. The van der Waals surface area contributed by atoms with E-state index < -0.39 is 6.04 Å². The Kier molecular flexibility index (Phi) is 4.36. The molecule has 1 N–H and O–H groups in total. The Hall–Kier alpha value is -2.70. The first-order valence-electron chi connectivity index (χ1n) is 7.55. The summed E-state index contributed by atoms with van der Waals surface area (Å²) in [6.07, 6.45) is 6.00. The summed E-state index contributed by atoms with van der Waals surface area (Å²) in [7, 11) is 0. The van der Waals surface area contributed by atoms with E-state index in [4.69, 9.17) is 4.42 Å². The quantitative estimate of drug-likeness (QED) is 0.919. The molecule has 1 unspecified atom stereocenters. The molecule has 3 heterocycles. The fourth-order valence-electron chi connectivity index (χ4n) is 2.64. The second-order valence-corrected chi connectivity index (χ2v) is 5.50. The van der Waals surface area contributed by atoms with E-state index in [9.17, 15) is 9.59 Å². The van der Waals surface area contributed by atoms with E-state index in [0.29, 0.717) is 25.3 Å². The zero-order valence-electron chi connectivity index (χ0n) is 12.9. The molecule has 1 atom stereocenters. The van der Waals surface area contributed by atoms with Gasteiger partial charge in [0.1, 0.15) is 17.5 Å². The van der Waals surface area contributed by atoms with Gasteiger partial charge in [0.05, 0.1) is 24.7 Å². The van der Waals surface area contributed by atoms with Gasteiger partial charge in [0.25, 0.3) is 5.91 Å². The van der Waals surface area contributed by atoms with Crippen LogP contribution in [0.2, 0.25) is 0 Å². The van der Waals surface area contributed by atoms with Crippen LogP contribution in [0.3, 0.4) is 0 Å². The Morgan fingerprint density at radius 2 is 2.26 bits per heavy atom. The fourth-order valence-corrected chi connectivity index (χ4v) is 2.64. The number of aromatic nitrogens is 2. The third kappa shape index (κ3) is 3.39. The van der Waals surface area contributed by atoms with Gasteiger partial charge in [-0.25, -0.2) is 4.98 Å². The van der Waals surface area contributed by atoms with Crippen LogP contribution in [0.5, 0.6) is 0 Å². The van der Waals surface area contributed by atoms with E-state index in [1.165, 1.54) is 6.20 Å². The number of aryl methyl sites for hydroxylation is 1. The first-order valence-corrected chi connectivity index (χ1v) is 7.55. The first-order chi connectivity index (χ1) is 11.1. The molecule has 23 heavy (non-hydrogen) atoms. The predicted molar refractivity (Wildman–Crippen MR) is 81.4 cm³/mol. The van der Waals surface area contributed by atoms with Crippen LogP contribution >= 0.6 is 0 Å². The fraction of sp³-hybridized carbons (Fsp3) is 0.375. The molecular weight excluding hydrogens is 296 g/mol. The van der Waals surface area contributed by atoms with Gasteiger partial charge in [-0.1, -0.05) is 0 Å². The summed E-state index contributed by atoms with van der Waals surface area (Å²) in [5, 5.41) is 2.81. The number of amides is 2. The smallest absolute Gasteiger partial charge is 0.274 e. The largest absolute Gasteiger partial charge is 0.467 e. The van der Waals surface area contributed by atoms with Crippen molar-refractivity contribution in [2.24, 2.45) is 0 Å². The van der Waals surface area contributed by atoms with Gasteiger partial charge in [0.15, 0.2) is 0 Å². The van der Waals surface area contributed by atoms with E-state index >= 15 is 0 Å². The van der Waals surface area contributed by atoms with Crippen molar-refractivity contribution in [2.75, 3.05) is 6.54 Å². The number of rotatable bonds is 4. The maximum Gasteiger partial charge on any atom is 0.274 e. The number of nitrogens with one attached hydrogen (secondary N) is 1. The van der Waals surface area contributed by atoms with Crippen molar-refractivity contribution in [1.29, 1.82) is 0 Å². The first kappa shape index (κ1) is 15.2. The van der Waals surface area contributed by atoms with Crippen LogP contribution in [0.25, 0.3) is 0 Å². The van der Waals surface area contributed by atoms with E-state index in [2.05, 4.69) is 15.3 Å². The minimum absolute atomic E-state index is 0.174. The molecule has 7 heteroatoms. The van der Waals surface area contributed by atoms with Crippen LogP contribution in [0.4, 0.5) is 0 Å². The summed E-state index contributed by atoms with van der Waals surface area (Å²) in [5.74, 6) is 0.249. The Morgan fingerprint density at radius 3 is 2.96 bits per heavy atom. The molecule has 0 spiro atoms. The number of likely N-dealkylation sites (tertiary alicyclic amines) is 1.